The molecule has 0 unspecified atom stereocenters. The van der Waals surface area contributed by atoms with E-state index in [1.807, 2.05) is 6.08 Å². The van der Waals surface area contributed by atoms with Gasteiger partial charge in [0.05, 0.1) is 0 Å². The molecule has 0 spiro atoms. The van der Waals surface area contributed by atoms with E-state index in [4.69, 9.17) is 0 Å². The molecule has 0 radical (unpaired) electrons. The highest BCUT2D eigenvalue weighted by Crippen LogP contribution is 2.30. The standard InChI is InChI=1S/C8H14/c1-2-3-5-8-6-4-7-8/h2,8H,1,3-7H2. The predicted molar refractivity (Wildman–Crippen MR) is 36.8 cm³/mol. The van der Waals surface area contributed by atoms with Crippen molar-refractivity contribution < 1.29 is 0 Å². The molecule has 0 heteroatoms. The van der Waals surface area contributed by atoms with E-state index < -0.39 is 0 Å². The molecule has 0 aromatic rings. The van der Waals surface area contributed by atoms with E-state index in [0.717, 1.165) is 5.92 Å². The maximum Gasteiger partial charge on any atom is -0.0351 e. The molecule has 8 heavy (non-hydrogen) atoms. The molecule has 0 nitrogen and oxygen atoms in total. The van der Waals surface area contributed by atoms with Gasteiger partial charge in [-0.1, -0.05) is 25.3 Å². The van der Waals surface area contributed by atoms with Crippen molar-refractivity contribution in [3.63, 3.8) is 0 Å². The van der Waals surface area contributed by atoms with Gasteiger partial charge in [-0.3, -0.25) is 0 Å². The Morgan fingerprint density at radius 1 is 1.50 bits per heavy atom. The molecule has 46 valence electrons. The molecule has 0 heterocycles. The Morgan fingerprint density at radius 3 is 2.62 bits per heavy atom. The summed E-state index contributed by atoms with van der Waals surface area (Å²) in [4.78, 5) is 0. The molecule has 0 bridgehead atoms. The monoisotopic (exact) mass is 110 g/mol. The molecule has 0 amide bonds. The van der Waals surface area contributed by atoms with Gasteiger partial charge in [0.15, 0.2) is 0 Å². The summed E-state index contributed by atoms with van der Waals surface area (Å²) in [6.07, 6.45) is 9.08. The first-order valence-corrected chi connectivity index (χ1v) is 3.54. The van der Waals surface area contributed by atoms with Crippen molar-refractivity contribution in [3.05, 3.63) is 12.7 Å². The second kappa shape index (κ2) is 2.91. The van der Waals surface area contributed by atoms with Crippen LogP contribution >= 0.6 is 0 Å². The number of rotatable bonds is 3. The Hall–Kier alpha value is -0.260. The van der Waals surface area contributed by atoms with Crippen LogP contribution in [-0.4, -0.2) is 0 Å². The average molecular weight is 110 g/mol. The Kier molecular flexibility index (Phi) is 2.13. The molecular formula is C8H14. The van der Waals surface area contributed by atoms with Gasteiger partial charge in [0.2, 0.25) is 0 Å². The van der Waals surface area contributed by atoms with Crippen molar-refractivity contribution in [2.24, 2.45) is 5.92 Å². The quantitative estimate of drug-likeness (QED) is 0.490. The molecule has 1 aliphatic carbocycles. The maximum atomic E-state index is 3.69. The topological polar surface area (TPSA) is 0 Å². The van der Waals surface area contributed by atoms with E-state index in [2.05, 4.69) is 6.58 Å². The first kappa shape index (κ1) is 5.87. The minimum Gasteiger partial charge on any atom is -0.103 e. The van der Waals surface area contributed by atoms with Crippen molar-refractivity contribution in [2.75, 3.05) is 0 Å². The van der Waals surface area contributed by atoms with E-state index in [1.54, 1.807) is 0 Å². The number of allylic oxidation sites excluding steroid dienone is 1. The van der Waals surface area contributed by atoms with E-state index in [9.17, 15) is 0 Å². The van der Waals surface area contributed by atoms with Crippen LogP contribution in [0.3, 0.4) is 0 Å². The lowest BCUT2D eigenvalue weighted by Gasteiger charge is -2.24. The molecule has 1 fully saturated rings. The third-order valence-corrected chi connectivity index (χ3v) is 2.00. The lowest BCUT2D eigenvalue weighted by atomic mass is 9.82. The fourth-order valence-electron chi connectivity index (χ4n) is 1.14. The van der Waals surface area contributed by atoms with Gasteiger partial charge in [-0.2, -0.15) is 0 Å². The first-order chi connectivity index (χ1) is 3.93. The van der Waals surface area contributed by atoms with Crippen LogP contribution in [0.4, 0.5) is 0 Å². The molecule has 0 aromatic heterocycles. The fourth-order valence-corrected chi connectivity index (χ4v) is 1.14. The third kappa shape index (κ3) is 1.36. The molecule has 0 aromatic carbocycles. The summed E-state index contributed by atoms with van der Waals surface area (Å²) >= 11 is 0. The van der Waals surface area contributed by atoms with E-state index >= 15 is 0 Å². The predicted octanol–water partition coefficient (Wildman–Crippen LogP) is 2.75. The fraction of sp³-hybridized carbons (Fsp3) is 0.750. The highest BCUT2D eigenvalue weighted by Gasteiger charge is 2.15. The second-order valence-electron chi connectivity index (χ2n) is 2.66. The van der Waals surface area contributed by atoms with E-state index in [0.29, 0.717) is 0 Å². The minimum absolute atomic E-state index is 1.06. The summed E-state index contributed by atoms with van der Waals surface area (Å²) in [5.74, 6) is 1.06. The third-order valence-electron chi connectivity index (χ3n) is 2.00. The van der Waals surface area contributed by atoms with Crippen molar-refractivity contribution in [1.82, 2.24) is 0 Å². The molecule has 0 saturated heterocycles. The zero-order valence-electron chi connectivity index (χ0n) is 5.40. The molecule has 0 atom stereocenters. The van der Waals surface area contributed by atoms with Crippen molar-refractivity contribution in [2.45, 2.75) is 32.1 Å². The van der Waals surface area contributed by atoms with Gasteiger partial charge >= 0.3 is 0 Å². The van der Waals surface area contributed by atoms with Crippen LogP contribution in [-0.2, 0) is 0 Å². The van der Waals surface area contributed by atoms with Gasteiger partial charge in [-0.25, -0.2) is 0 Å². The molecular weight excluding hydrogens is 96.1 g/mol. The summed E-state index contributed by atoms with van der Waals surface area (Å²) in [5.41, 5.74) is 0. The zero-order valence-corrected chi connectivity index (χ0v) is 5.40. The molecule has 1 saturated carbocycles. The van der Waals surface area contributed by atoms with Gasteiger partial charge in [0, 0.05) is 0 Å². The van der Waals surface area contributed by atoms with Crippen LogP contribution in [0.15, 0.2) is 12.7 Å². The maximum absolute atomic E-state index is 3.69. The Labute approximate surface area is 51.6 Å². The Morgan fingerprint density at radius 2 is 2.25 bits per heavy atom. The van der Waals surface area contributed by atoms with E-state index in [1.165, 1.54) is 32.1 Å². The van der Waals surface area contributed by atoms with Crippen LogP contribution in [0.1, 0.15) is 32.1 Å². The van der Waals surface area contributed by atoms with Gasteiger partial charge in [-0.15, -0.1) is 6.58 Å². The van der Waals surface area contributed by atoms with Crippen molar-refractivity contribution in [1.29, 1.82) is 0 Å². The first-order valence-electron chi connectivity index (χ1n) is 3.54. The number of hydrogen-bond acceptors (Lipinski definition) is 0. The van der Waals surface area contributed by atoms with Gasteiger partial charge < -0.3 is 0 Å². The van der Waals surface area contributed by atoms with Gasteiger partial charge in [0.1, 0.15) is 0 Å². The number of hydrogen-bond donors (Lipinski definition) is 0. The highest BCUT2D eigenvalue weighted by atomic mass is 14.2. The van der Waals surface area contributed by atoms with Gasteiger partial charge in [-0.05, 0) is 18.8 Å². The Balaban J connectivity index is 1.93. The Bertz CT molecular complexity index is 70.1. The lowest BCUT2D eigenvalue weighted by Crippen LogP contribution is -2.09. The zero-order chi connectivity index (χ0) is 5.82. The average Bonchev–Trinajstić information content (AvgIpc) is 1.63. The molecule has 1 aliphatic rings. The highest BCUT2D eigenvalue weighted by molar-refractivity contribution is 4.74. The molecule has 0 aliphatic heterocycles. The SMILES string of the molecule is C=CCCC1CCC1. The summed E-state index contributed by atoms with van der Waals surface area (Å²) in [6, 6.07) is 0. The smallest absolute Gasteiger partial charge is 0.0351 e. The second-order valence-corrected chi connectivity index (χ2v) is 2.66. The van der Waals surface area contributed by atoms with Crippen LogP contribution in [0.2, 0.25) is 0 Å². The summed E-state index contributed by atoms with van der Waals surface area (Å²) in [6.45, 7) is 3.69. The summed E-state index contributed by atoms with van der Waals surface area (Å²) in [5, 5.41) is 0. The normalized spacial score (nSPS) is 20.0. The summed E-state index contributed by atoms with van der Waals surface area (Å²) in [7, 11) is 0. The van der Waals surface area contributed by atoms with Crippen LogP contribution < -0.4 is 0 Å². The molecule has 1 rings (SSSR count). The molecule has 0 N–H and O–H groups in total. The summed E-state index contributed by atoms with van der Waals surface area (Å²) < 4.78 is 0. The van der Waals surface area contributed by atoms with Crippen molar-refractivity contribution >= 4 is 0 Å². The van der Waals surface area contributed by atoms with Crippen LogP contribution in [0, 0.1) is 5.92 Å². The largest absolute Gasteiger partial charge is 0.103 e. The van der Waals surface area contributed by atoms with Crippen molar-refractivity contribution in [3.8, 4) is 0 Å². The van der Waals surface area contributed by atoms with Gasteiger partial charge in [0.25, 0.3) is 0 Å². The van der Waals surface area contributed by atoms with Crippen LogP contribution in [0.5, 0.6) is 0 Å². The van der Waals surface area contributed by atoms with E-state index in [-0.39, 0.29) is 0 Å². The van der Waals surface area contributed by atoms with Crippen LogP contribution in [0.25, 0.3) is 0 Å². The minimum atomic E-state index is 1.06. The lowest BCUT2D eigenvalue weighted by molar-refractivity contribution is 0.298.